The summed E-state index contributed by atoms with van der Waals surface area (Å²) in [6.07, 6.45) is 2.93. The molecule has 0 aliphatic carbocycles. The maximum absolute atomic E-state index is 12.4. The van der Waals surface area contributed by atoms with E-state index in [0.717, 1.165) is 22.3 Å². The Morgan fingerprint density at radius 3 is 2.40 bits per heavy atom. The molecule has 0 spiro atoms. The Balaban J connectivity index is 2.07. The number of hydrogen-bond donors (Lipinski definition) is 2. The average molecular weight is 485 g/mol. The number of aryl methyl sites for hydroxylation is 1. The largest absolute Gasteiger partial charge is 0.467 e. The fourth-order valence-corrected chi connectivity index (χ4v) is 3.92. The van der Waals surface area contributed by atoms with Gasteiger partial charge in [0.2, 0.25) is 0 Å². The SMILES string of the molecule is CCc1c(OCOC)cc(OCOC)c(-c2ccccc2)c1CCc1ocnc1C(=O)NCCO. The van der Waals surface area contributed by atoms with Crippen LogP contribution in [0.15, 0.2) is 47.2 Å². The number of carbonyl (C=O) groups is 1. The number of hydrogen-bond acceptors (Lipinski definition) is 8. The molecule has 0 saturated carbocycles. The maximum Gasteiger partial charge on any atom is 0.273 e. The minimum Gasteiger partial charge on any atom is -0.467 e. The van der Waals surface area contributed by atoms with E-state index >= 15 is 0 Å². The first-order chi connectivity index (χ1) is 17.1. The highest BCUT2D eigenvalue weighted by Crippen LogP contribution is 2.41. The topological polar surface area (TPSA) is 112 Å². The monoisotopic (exact) mass is 484 g/mol. The summed E-state index contributed by atoms with van der Waals surface area (Å²) in [6.45, 7) is 2.22. The first kappa shape index (κ1) is 26.2. The zero-order valence-electron chi connectivity index (χ0n) is 20.3. The number of aromatic nitrogens is 1. The molecule has 9 heteroatoms. The fourth-order valence-electron chi connectivity index (χ4n) is 3.92. The second-order valence-corrected chi connectivity index (χ2v) is 7.63. The number of methoxy groups -OCH3 is 2. The Morgan fingerprint density at radius 2 is 1.74 bits per heavy atom. The lowest BCUT2D eigenvalue weighted by Gasteiger charge is -2.22. The molecule has 0 atom stereocenters. The highest BCUT2D eigenvalue weighted by Gasteiger charge is 2.23. The molecular weight excluding hydrogens is 452 g/mol. The van der Waals surface area contributed by atoms with Crippen molar-refractivity contribution in [2.75, 3.05) is 41.0 Å². The smallest absolute Gasteiger partial charge is 0.273 e. The van der Waals surface area contributed by atoms with Gasteiger partial charge in [0.05, 0.1) is 6.61 Å². The van der Waals surface area contributed by atoms with Crippen LogP contribution in [-0.2, 0) is 28.7 Å². The van der Waals surface area contributed by atoms with Gasteiger partial charge in [-0.2, -0.15) is 0 Å². The van der Waals surface area contributed by atoms with E-state index in [-0.39, 0.29) is 38.3 Å². The van der Waals surface area contributed by atoms with Crippen molar-refractivity contribution in [1.29, 1.82) is 0 Å². The lowest BCUT2D eigenvalue weighted by atomic mass is 9.89. The number of amides is 1. The molecule has 3 rings (SSSR count). The van der Waals surface area contributed by atoms with Crippen molar-refractivity contribution in [3.8, 4) is 22.6 Å². The first-order valence-corrected chi connectivity index (χ1v) is 11.4. The van der Waals surface area contributed by atoms with Gasteiger partial charge in [-0.05, 0) is 29.5 Å². The van der Waals surface area contributed by atoms with Gasteiger partial charge in [0, 0.05) is 38.8 Å². The van der Waals surface area contributed by atoms with Crippen molar-refractivity contribution >= 4 is 5.91 Å². The van der Waals surface area contributed by atoms with Crippen LogP contribution < -0.4 is 14.8 Å². The summed E-state index contributed by atoms with van der Waals surface area (Å²) in [7, 11) is 3.14. The molecule has 1 heterocycles. The van der Waals surface area contributed by atoms with Gasteiger partial charge < -0.3 is 33.8 Å². The molecule has 0 fully saturated rings. The zero-order valence-corrected chi connectivity index (χ0v) is 20.3. The number of oxazole rings is 1. The van der Waals surface area contributed by atoms with Crippen LogP contribution in [0.4, 0.5) is 0 Å². The van der Waals surface area contributed by atoms with E-state index in [1.807, 2.05) is 36.4 Å². The molecule has 1 aromatic heterocycles. The van der Waals surface area contributed by atoms with Gasteiger partial charge in [-0.25, -0.2) is 4.98 Å². The minimum absolute atomic E-state index is 0.0751. The van der Waals surface area contributed by atoms with Crippen molar-refractivity contribution in [2.45, 2.75) is 26.2 Å². The third-order valence-corrected chi connectivity index (χ3v) is 5.41. The molecule has 9 nitrogen and oxygen atoms in total. The number of nitrogens with zero attached hydrogens (tertiary/aromatic N) is 1. The van der Waals surface area contributed by atoms with E-state index in [2.05, 4.69) is 17.2 Å². The summed E-state index contributed by atoms with van der Waals surface area (Å²) in [5.41, 5.74) is 4.14. The van der Waals surface area contributed by atoms with Gasteiger partial charge in [0.15, 0.2) is 25.7 Å². The molecule has 2 aromatic carbocycles. The van der Waals surface area contributed by atoms with Crippen molar-refractivity contribution in [1.82, 2.24) is 10.3 Å². The summed E-state index contributed by atoms with van der Waals surface area (Å²) in [4.78, 5) is 16.5. The van der Waals surface area contributed by atoms with Crippen LogP contribution in [0, 0.1) is 0 Å². The van der Waals surface area contributed by atoms with Gasteiger partial charge in [-0.1, -0.05) is 37.3 Å². The number of carbonyl (C=O) groups excluding carboxylic acids is 1. The van der Waals surface area contributed by atoms with Gasteiger partial charge in [-0.15, -0.1) is 0 Å². The number of rotatable bonds is 14. The number of nitrogens with one attached hydrogen (secondary N) is 1. The Hall–Kier alpha value is -3.40. The Kier molecular flexibility index (Phi) is 10.1. The molecule has 0 bridgehead atoms. The summed E-state index contributed by atoms with van der Waals surface area (Å²) < 4.78 is 27.8. The predicted octanol–water partition coefficient (Wildman–Crippen LogP) is 3.38. The third-order valence-electron chi connectivity index (χ3n) is 5.41. The number of aliphatic hydroxyl groups excluding tert-OH is 1. The van der Waals surface area contributed by atoms with Crippen LogP contribution in [0.2, 0.25) is 0 Å². The number of aliphatic hydroxyl groups is 1. The van der Waals surface area contributed by atoms with Crippen LogP contribution in [0.5, 0.6) is 11.5 Å². The average Bonchev–Trinajstić information content (AvgIpc) is 3.36. The summed E-state index contributed by atoms with van der Waals surface area (Å²) >= 11 is 0. The Morgan fingerprint density at radius 1 is 1.03 bits per heavy atom. The Bertz CT molecular complexity index is 1080. The van der Waals surface area contributed by atoms with Crippen LogP contribution in [0.25, 0.3) is 11.1 Å². The van der Waals surface area contributed by atoms with Crippen LogP contribution in [0.3, 0.4) is 0 Å². The molecular formula is C26H32N2O7. The molecule has 188 valence electrons. The third kappa shape index (κ3) is 6.60. The molecule has 0 saturated heterocycles. The van der Waals surface area contributed by atoms with Crippen LogP contribution in [0.1, 0.15) is 34.3 Å². The van der Waals surface area contributed by atoms with Gasteiger partial charge >= 0.3 is 0 Å². The van der Waals surface area contributed by atoms with E-state index in [1.165, 1.54) is 6.39 Å². The number of ether oxygens (including phenoxy) is 4. The summed E-state index contributed by atoms with van der Waals surface area (Å²) in [5, 5.41) is 11.6. The van der Waals surface area contributed by atoms with E-state index in [9.17, 15) is 4.79 Å². The molecule has 0 unspecified atom stereocenters. The molecule has 2 N–H and O–H groups in total. The highest BCUT2D eigenvalue weighted by molar-refractivity contribution is 5.93. The van der Waals surface area contributed by atoms with Crippen molar-refractivity contribution in [3.05, 3.63) is 65.4 Å². The lowest BCUT2D eigenvalue weighted by Crippen LogP contribution is -2.27. The molecule has 0 aliphatic rings. The van der Waals surface area contributed by atoms with Crippen LogP contribution >= 0.6 is 0 Å². The summed E-state index contributed by atoms with van der Waals surface area (Å²) in [6, 6.07) is 11.8. The first-order valence-electron chi connectivity index (χ1n) is 11.4. The van der Waals surface area contributed by atoms with E-state index in [4.69, 9.17) is 28.5 Å². The van der Waals surface area contributed by atoms with E-state index in [1.54, 1.807) is 14.2 Å². The molecule has 1 amide bonds. The zero-order chi connectivity index (χ0) is 25.0. The Labute approximate surface area is 205 Å². The predicted molar refractivity (Wildman–Crippen MR) is 130 cm³/mol. The summed E-state index contributed by atoms with van der Waals surface area (Å²) in [5.74, 6) is 1.36. The second-order valence-electron chi connectivity index (χ2n) is 7.63. The normalized spacial score (nSPS) is 10.9. The molecule has 3 aromatic rings. The standard InChI is InChI=1S/C26H32N2O7/c1-4-19-20(10-11-21-25(28-15-33-21)26(30)27-12-13-29)24(18-8-6-5-7-9-18)23(35-17-32-3)14-22(19)34-16-31-2/h5-9,14-15,29H,4,10-13,16-17H2,1-3H3,(H,27,30). The maximum atomic E-state index is 12.4. The lowest BCUT2D eigenvalue weighted by molar-refractivity contribution is 0.0457. The van der Waals surface area contributed by atoms with E-state index < -0.39 is 0 Å². The van der Waals surface area contributed by atoms with Crippen LogP contribution in [-0.4, -0.2) is 57.0 Å². The molecule has 0 aliphatic heterocycles. The van der Waals surface area contributed by atoms with Gasteiger partial charge in [0.1, 0.15) is 17.3 Å². The molecule has 35 heavy (non-hydrogen) atoms. The van der Waals surface area contributed by atoms with Crippen molar-refractivity contribution < 1.29 is 33.3 Å². The van der Waals surface area contributed by atoms with Gasteiger partial charge in [0.25, 0.3) is 5.91 Å². The second kappa shape index (κ2) is 13.5. The van der Waals surface area contributed by atoms with Gasteiger partial charge in [-0.3, -0.25) is 4.79 Å². The number of benzene rings is 2. The fraction of sp³-hybridized carbons (Fsp3) is 0.385. The van der Waals surface area contributed by atoms with Crippen molar-refractivity contribution in [3.63, 3.8) is 0 Å². The van der Waals surface area contributed by atoms with E-state index in [0.29, 0.717) is 36.5 Å². The highest BCUT2D eigenvalue weighted by atomic mass is 16.7. The molecule has 0 radical (unpaired) electrons. The quantitative estimate of drug-likeness (QED) is 0.335. The van der Waals surface area contributed by atoms with Crippen molar-refractivity contribution in [2.24, 2.45) is 0 Å². The minimum atomic E-state index is -0.386.